The fourth-order valence-electron chi connectivity index (χ4n) is 4.52. The van der Waals surface area contributed by atoms with Gasteiger partial charge in [-0.05, 0) is 62.3 Å². The number of anilines is 1. The predicted octanol–water partition coefficient (Wildman–Crippen LogP) is 2.97. The summed E-state index contributed by atoms with van der Waals surface area (Å²) in [6, 6.07) is 3.23. The maximum absolute atomic E-state index is 12.9. The minimum Gasteiger partial charge on any atom is -0.467 e. The molecule has 172 valence electrons. The average molecular weight is 460 g/mol. The molecule has 1 aliphatic heterocycles. The molecule has 2 amide bonds. The Hall–Kier alpha value is -2.65. The number of likely N-dealkylation sites (tertiary alicyclic amines) is 1. The van der Waals surface area contributed by atoms with Crippen molar-refractivity contribution in [2.75, 3.05) is 25.5 Å². The van der Waals surface area contributed by atoms with Gasteiger partial charge in [-0.25, -0.2) is 4.79 Å². The number of rotatable bonds is 7. The molecule has 2 aromatic heterocycles. The van der Waals surface area contributed by atoms with Gasteiger partial charge in [0.15, 0.2) is 0 Å². The second kappa shape index (κ2) is 9.87. The summed E-state index contributed by atoms with van der Waals surface area (Å²) in [7, 11) is 1.36. The highest BCUT2D eigenvalue weighted by Crippen LogP contribution is 2.40. The van der Waals surface area contributed by atoms with Crippen LogP contribution >= 0.6 is 11.3 Å². The summed E-state index contributed by atoms with van der Waals surface area (Å²) in [4.78, 5) is 41.0. The van der Waals surface area contributed by atoms with E-state index in [2.05, 4.69) is 17.6 Å². The van der Waals surface area contributed by atoms with Gasteiger partial charge in [0.2, 0.25) is 11.8 Å². The monoisotopic (exact) mass is 459 g/mol. The van der Waals surface area contributed by atoms with Crippen molar-refractivity contribution >= 4 is 34.1 Å². The topological polar surface area (TPSA) is 101 Å². The summed E-state index contributed by atoms with van der Waals surface area (Å²) in [6.45, 7) is 3.29. The highest BCUT2D eigenvalue weighted by molar-refractivity contribution is 7.17. The van der Waals surface area contributed by atoms with E-state index in [1.165, 1.54) is 18.4 Å². The molecule has 1 fully saturated rings. The van der Waals surface area contributed by atoms with Gasteiger partial charge in [0.1, 0.15) is 10.8 Å². The number of furan rings is 1. The molecule has 0 aromatic carbocycles. The molecule has 0 bridgehead atoms. The van der Waals surface area contributed by atoms with E-state index in [0.29, 0.717) is 41.8 Å². The highest BCUT2D eigenvalue weighted by Gasteiger charge is 2.33. The lowest BCUT2D eigenvalue weighted by atomic mass is 9.88. The van der Waals surface area contributed by atoms with Crippen LogP contribution in [0.5, 0.6) is 0 Å². The molecular weight excluding hydrogens is 430 g/mol. The van der Waals surface area contributed by atoms with Crippen LogP contribution in [-0.4, -0.2) is 48.9 Å². The molecule has 0 spiro atoms. The highest BCUT2D eigenvalue weighted by atomic mass is 32.1. The van der Waals surface area contributed by atoms with Crippen LogP contribution in [0.25, 0.3) is 0 Å². The van der Waals surface area contributed by atoms with Crippen LogP contribution < -0.4 is 10.6 Å². The van der Waals surface area contributed by atoms with Crippen LogP contribution in [0.2, 0.25) is 0 Å². The van der Waals surface area contributed by atoms with Crippen LogP contribution in [0.3, 0.4) is 0 Å². The first kappa shape index (κ1) is 22.5. The van der Waals surface area contributed by atoms with Crippen molar-refractivity contribution in [3.05, 3.63) is 40.2 Å². The van der Waals surface area contributed by atoms with Gasteiger partial charge in [-0.2, -0.15) is 0 Å². The van der Waals surface area contributed by atoms with Crippen molar-refractivity contribution in [3.8, 4) is 0 Å². The smallest absolute Gasteiger partial charge is 0.341 e. The third kappa shape index (κ3) is 4.88. The first-order valence-corrected chi connectivity index (χ1v) is 11.8. The summed E-state index contributed by atoms with van der Waals surface area (Å²) in [5.74, 6) is 0.492. The van der Waals surface area contributed by atoms with Gasteiger partial charge in [-0.3, -0.25) is 14.5 Å². The van der Waals surface area contributed by atoms with Gasteiger partial charge in [0.25, 0.3) is 0 Å². The summed E-state index contributed by atoms with van der Waals surface area (Å²) in [5, 5.41) is 6.37. The van der Waals surface area contributed by atoms with E-state index in [-0.39, 0.29) is 24.4 Å². The SMILES string of the molecule is COC(=O)c1c(NC(=O)CN2CCC[C@@H]2C(=O)NCc2ccco2)sc2c1CC[C@@H](C)C2. The van der Waals surface area contributed by atoms with Crippen molar-refractivity contribution in [2.24, 2.45) is 5.92 Å². The molecule has 0 unspecified atom stereocenters. The summed E-state index contributed by atoms with van der Waals surface area (Å²) < 4.78 is 10.3. The molecule has 2 N–H and O–H groups in total. The largest absolute Gasteiger partial charge is 0.467 e. The molecular formula is C23H29N3O5S. The minimum atomic E-state index is -0.413. The van der Waals surface area contributed by atoms with E-state index < -0.39 is 5.97 Å². The molecule has 1 saturated heterocycles. The van der Waals surface area contributed by atoms with Crippen LogP contribution in [0.4, 0.5) is 5.00 Å². The van der Waals surface area contributed by atoms with Gasteiger partial charge >= 0.3 is 5.97 Å². The first-order chi connectivity index (χ1) is 15.5. The van der Waals surface area contributed by atoms with E-state index >= 15 is 0 Å². The second-order valence-electron chi connectivity index (χ2n) is 8.52. The molecule has 4 rings (SSSR count). The maximum Gasteiger partial charge on any atom is 0.341 e. The summed E-state index contributed by atoms with van der Waals surface area (Å²) in [5.41, 5.74) is 1.49. The summed E-state index contributed by atoms with van der Waals surface area (Å²) >= 11 is 1.47. The molecule has 3 heterocycles. The molecule has 9 heteroatoms. The van der Waals surface area contributed by atoms with Crippen molar-refractivity contribution < 1.29 is 23.5 Å². The van der Waals surface area contributed by atoms with Gasteiger partial charge in [0, 0.05) is 4.88 Å². The van der Waals surface area contributed by atoms with Gasteiger partial charge < -0.3 is 19.8 Å². The Kier molecular flexibility index (Phi) is 6.95. The van der Waals surface area contributed by atoms with E-state index in [9.17, 15) is 14.4 Å². The van der Waals surface area contributed by atoms with Crippen LogP contribution in [0, 0.1) is 5.92 Å². The Morgan fingerprint density at radius 3 is 2.91 bits per heavy atom. The molecule has 8 nitrogen and oxygen atoms in total. The molecule has 0 saturated carbocycles. The standard InChI is InChI=1S/C23H29N3O5S/c1-14-7-8-16-18(11-14)32-22(20(16)23(29)30-2)25-19(27)13-26-9-3-6-17(26)21(28)24-12-15-5-4-10-31-15/h4-5,10,14,17H,3,6-9,11-13H2,1-2H3,(H,24,28)(H,25,27)/t14-,17-/m1/s1. The van der Waals surface area contributed by atoms with Crippen LogP contribution in [-0.2, 0) is 33.7 Å². The molecule has 1 aliphatic carbocycles. The zero-order valence-electron chi connectivity index (χ0n) is 18.4. The molecule has 32 heavy (non-hydrogen) atoms. The number of hydrogen-bond donors (Lipinski definition) is 2. The Labute approximate surface area is 191 Å². The zero-order valence-corrected chi connectivity index (χ0v) is 19.3. The lowest BCUT2D eigenvalue weighted by Gasteiger charge is -2.22. The van der Waals surface area contributed by atoms with E-state index in [1.807, 2.05) is 4.90 Å². The van der Waals surface area contributed by atoms with Gasteiger partial charge in [-0.1, -0.05) is 6.92 Å². The van der Waals surface area contributed by atoms with E-state index in [0.717, 1.165) is 36.1 Å². The lowest BCUT2D eigenvalue weighted by molar-refractivity contribution is -0.126. The van der Waals surface area contributed by atoms with Crippen molar-refractivity contribution in [3.63, 3.8) is 0 Å². The van der Waals surface area contributed by atoms with Gasteiger partial charge in [-0.15, -0.1) is 11.3 Å². The lowest BCUT2D eigenvalue weighted by Crippen LogP contribution is -2.45. The Balaban J connectivity index is 1.40. The first-order valence-electron chi connectivity index (χ1n) is 11.0. The number of nitrogens with zero attached hydrogens (tertiary/aromatic N) is 1. The Bertz CT molecular complexity index is 984. The zero-order chi connectivity index (χ0) is 22.7. The van der Waals surface area contributed by atoms with Gasteiger partial charge in [0.05, 0.1) is 38.1 Å². The number of methoxy groups -OCH3 is 1. The number of carbonyl (C=O) groups excluding carboxylic acids is 3. The molecule has 0 radical (unpaired) electrons. The van der Waals surface area contributed by atoms with Crippen molar-refractivity contribution in [2.45, 2.75) is 51.6 Å². The second-order valence-corrected chi connectivity index (χ2v) is 9.63. The number of nitrogens with one attached hydrogen (secondary N) is 2. The summed E-state index contributed by atoms with van der Waals surface area (Å²) in [6.07, 6.45) is 5.87. The maximum atomic E-state index is 12.9. The Morgan fingerprint density at radius 2 is 2.16 bits per heavy atom. The number of esters is 1. The van der Waals surface area contributed by atoms with E-state index in [1.54, 1.807) is 18.4 Å². The number of ether oxygens (including phenoxy) is 1. The van der Waals surface area contributed by atoms with Crippen molar-refractivity contribution in [1.82, 2.24) is 10.2 Å². The average Bonchev–Trinajstić information content (AvgIpc) is 3.51. The molecule has 2 aliphatic rings. The third-order valence-electron chi connectivity index (χ3n) is 6.18. The predicted molar refractivity (Wildman–Crippen MR) is 121 cm³/mol. The molecule has 2 aromatic rings. The molecule has 2 atom stereocenters. The Morgan fingerprint density at radius 1 is 1.31 bits per heavy atom. The number of amides is 2. The van der Waals surface area contributed by atoms with E-state index in [4.69, 9.17) is 9.15 Å². The van der Waals surface area contributed by atoms with Crippen molar-refractivity contribution in [1.29, 1.82) is 0 Å². The fraction of sp³-hybridized carbons (Fsp3) is 0.522. The third-order valence-corrected chi connectivity index (χ3v) is 7.35. The number of fused-ring (bicyclic) bond motifs is 1. The fourth-order valence-corrected chi connectivity index (χ4v) is 5.94. The quantitative estimate of drug-likeness (QED) is 0.618. The van der Waals surface area contributed by atoms with Crippen LogP contribution in [0.15, 0.2) is 22.8 Å². The normalized spacial score (nSPS) is 20.6. The number of hydrogen-bond acceptors (Lipinski definition) is 7. The minimum absolute atomic E-state index is 0.0957. The number of carbonyl (C=O) groups is 3. The van der Waals surface area contributed by atoms with Crippen LogP contribution in [0.1, 0.15) is 52.7 Å². The number of thiophene rings is 1.